The second kappa shape index (κ2) is 8.20. The van der Waals surface area contributed by atoms with Gasteiger partial charge in [-0.05, 0) is 26.0 Å². The third-order valence-corrected chi connectivity index (χ3v) is 4.99. The van der Waals surface area contributed by atoms with Crippen LogP contribution in [0.1, 0.15) is 42.9 Å². The standard InChI is InChI=1S/C19H16BrN7O6/c1-8-5-9(2)25-19(21-8)22-16(23-25)18-26(10(3)28)24-17(33-18)13-6-12(20)7-14(27(30)31)15(13)32-11(4)29/h5-7,18H,1-4H3/t18-/m1/s1. The van der Waals surface area contributed by atoms with Crippen molar-refractivity contribution in [3.05, 3.63) is 55.6 Å². The van der Waals surface area contributed by atoms with E-state index in [2.05, 4.69) is 36.1 Å². The predicted molar refractivity (Wildman–Crippen MR) is 115 cm³/mol. The molecular weight excluding hydrogens is 502 g/mol. The Kier molecular flexibility index (Phi) is 5.53. The normalized spacial score (nSPS) is 15.4. The van der Waals surface area contributed by atoms with Gasteiger partial charge in [-0.15, -0.1) is 10.2 Å². The molecule has 33 heavy (non-hydrogen) atoms. The van der Waals surface area contributed by atoms with Crippen molar-refractivity contribution < 1.29 is 24.0 Å². The smallest absolute Gasteiger partial charge is 0.313 e. The number of amides is 1. The van der Waals surface area contributed by atoms with E-state index in [4.69, 9.17) is 9.47 Å². The van der Waals surface area contributed by atoms with Crippen LogP contribution in [0, 0.1) is 24.0 Å². The van der Waals surface area contributed by atoms with Crippen LogP contribution in [0.5, 0.6) is 5.75 Å². The Labute approximate surface area is 194 Å². The van der Waals surface area contributed by atoms with Gasteiger partial charge in [0.25, 0.3) is 12.0 Å². The SMILES string of the molecule is CC(=O)Oc1c(C2=NN(C(C)=O)[C@@H](c3nc4nc(C)cc(C)n4n3)O2)cc(Br)cc1[N+](=O)[O-]. The number of hydrazone groups is 1. The molecule has 0 unspecified atom stereocenters. The van der Waals surface area contributed by atoms with Crippen molar-refractivity contribution in [3.8, 4) is 5.75 Å². The minimum absolute atomic E-state index is 0.00561. The lowest BCUT2D eigenvalue weighted by molar-refractivity contribution is -0.385. The lowest BCUT2D eigenvalue weighted by atomic mass is 10.1. The van der Waals surface area contributed by atoms with Gasteiger partial charge in [-0.1, -0.05) is 15.9 Å². The molecule has 13 nitrogen and oxygen atoms in total. The zero-order valence-electron chi connectivity index (χ0n) is 17.8. The van der Waals surface area contributed by atoms with Gasteiger partial charge in [-0.3, -0.25) is 19.7 Å². The number of carbonyl (C=O) groups excluding carboxylic acids is 2. The van der Waals surface area contributed by atoms with Gasteiger partial charge in [0.05, 0.1) is 10.5 Å². The Bertz CT molecular complexity index is 1370. The summed E-state index contributed by atoms with van der Waals surface area (Å²) in [6.07, 6.45) is -1.16. The van der Waals surface area contributed by atoms with Crippen LogP contribution in [0.15, 0.2) is 27.8 Å². The van der Waals surface area contributed by atoms with Gasteiger partial charge in [0.15, 0.2) is 0 Å². The number of aromatic nitrogens is 4. The van der Waals surface area contributed by atoms with Crippen molar-refractivity contribution >= 4 is 45.2 Å². The summed E-state index contributed by atoms with van der Waals surface area (Å²) in [6.45, 7) is 6.01. The number of hydrogen-bond acceptors (Lipinski definition) is 10. The van der Waals surface area contributed by atoms with Crippen LogP contribution in [-0.4, -0.2) is 47.3 Å². The topological polar surface area (TPSA) is 154 Å². The van der Waals surface area contributed by atoms with Crippen molar-refractivity contribution in [1.82, 2.24) is 24.6 Å². The minimum Gasteiger partial charge on any atom is -0.442 e. The molecule has 0 aliphatic carbocycles. The molecule has 0 bridgehead atoms. The van der Waals surface area contributed by atoms with Crippen molar-refractivity contribution in [2.24, 2.45) is 5.10 Å². The van der Waals surface area contributed by atoms with Crippen LogP contribution in [0.4, 0.5) is 5.69 Å². The van der Waals surface area contributed by atoms with E-state index in [0.717, 1.165) is 23.3 Å². The number of aryl methyl sites for hydroxylation is 2. The monoisotopic (exact) mass is 517 g/mol. The third-order valence-electron chi connectivity index (χ3n) is 4.53. The molecule has 0 saturated carbocycles. The molecule has 3 aromatic rings. The fraction of sp³-hybridized carbons (Fsp3) is 0.263. The number of hydrogen-bond donors (Lipinski definition) is 0. The summed E-state index contributed by atoms with van der Waals surface area (Å²) in [5, 5.41) is 21.1. The summed E-state index contributed by atoms with van der Waals surface area (Å²) >= 11 is 3.20. The fourth-order valence-corrected chi connectivity index (χ4v) is 3.70. The largest absolute Gasteiger partial charge is 0.442 e. The Balaban J connectivity index is 1.82. The lowest BCUT2D eigenvalue weighted by Crippen LogP contribution is -2.26. The first-order chi connectivity index (χ1) is 15.5. The van der Waals surface area contributed by atoms with Gasteiger partial charge in [0.1, 0.15) is 0 Å². The average molecular weight is 518 g/mol. The molecule has 3 heterocycles. The maximum absolute atomic E-state index is 12.3. The van der Waals surface area contributed by atoms with Gasteiger partial charge in [-0.25, -0.2) is 9.50 Å². The van der Waals surface area contributed by atoms with Gasteiger partial charge in [0, 0.05) is 35.8 Å². The number of halogens is 1. The summed E-state index contributed by atoms with van der Waals surface area (Å²) in [6, 6.07) is 4.42. The molecule has 170 valence electrons. The number of benzene rings is 1. The van der Waals surface area contributed by atoms with Crippen LogP contribution in [0.25, 0.3) is 5.78 Å². The molecule has 0 spiro atoms. The predicted octanol–water partition coefficient (Wildman–Crippen LogP) is 2.58. The Morgan fingerprint density at radius 3 is 2.58 bits per heavy atom. The van der Waals surface area contributed by atoms with Crippen LogP contribution in [0.2, 0.25) is 0 Å². The number of carbonyl (C=O) groups is 2. The second-order valence-electron chi connectivity index (χ2n) is 7.11. The number of ether oxygens (including phenoxy) is 2. The van der Waals surface area contributed by atoms with Gasteiger partial charge < -0.3 is 9.47 Å². The molecule has 4 rings (SSSR count). The van der Waals surface area contributed by atoms with E-state index in [1.807, 2.05) is 19.9 Å². The quantitative estimate of drug-likeness (QED) is 0.219. The summed E-state index contributed by atoms with van der Waals surface area (Å²) < 4.78 is 12.8. The van der Waals surface area contributed by atoms with Crippen molar-refractivity contribution in [2.75, 3.05) is 0 Å². The molecule has 2 aromatic heterocycles. The van der Waals surface area contributed by atoms with E-state index < -0.39 is 28.7 Å². The van der Waals surface area contributed by atoms with Gasteiger partial charge in [-0.2, -0.15) is 9.99 Å². The van der Waals surface area contributed by atoms with Crippen LogP contribution in [0.3, 0.4) is 0 Å². The maximum Gasteiger partial charge on any atom is 0.313 e. The van der Waals surface area contributed by atoms with Crippen LogP contribution < -0.4 is 4.74 Å². The molecule has 14 heteroatoms. The number of nitro benzene ring substituents is 1. The first-order valence-corrected chi connectivity index (χ1v) is 10.3. The van der Waals surface area contributed by atoms with E-state index in [-0.39, 0.29) is 23.0 Å². The molecule has 1 aliphatic heterocycles. The van der Waals surface area contributed by atoms with E-state index >= 15 is 0 Å². The molecule has 1 aromatic carbocycles. The Hall–Kier alpha value is -3.94. The Morgan fingerprint density at radius 1 is 1.21 bits per heavy atom. The highest BCUT2D eigenvalue weighted by molar-refractivity contribution is 9.10. The molecule has 0 saturated heterocycles. The first-order valence-electron chi connectivity index (χ1n) is 9.48. The fourth-order valence-electron chi connectivity index (χ4n) is 3.26. The number of nitrogens with zero attached hydrogens (tertiary/aromatic N) is 7. The molecule has 1 aliphatic rings. The van der Waals surface area contributed by atoms with E-state index in [1.54, 1.807) is 0 Å². The highest BCUT2D eigenvalue weighted by Gasteiger charge is 2.39. The van der Waals surface area contributed by atoms with E-state index in [9.17, 15) is 19.7 Å². The van der Waals surface area contributed by atoms with Crippen LogP contribution >= 0.6 is 15.9 Å². The number of nitro groups is 1. The van der Waals surface area contributed by atoms with Gasteiger partial charge >= 0.3 is 11.7 Å². The third kappa shape index (κ3) is 4.11. The molecule has 0 N–H and O–H groups in total. The highest BCUT2D eigenvalue weighted by atomic mass is 79.9. The summed E-state index contributed by atoms with van der Waals surface area (Å²) in [5.74, 6) is -1.41. The van der Waals surface area contributed by atoms with E-state index in [1.165, 1.54) is 23.6 Å². The average Bonchev–Trinajstić information content (AvgIpc) is 3.33. The van der Waals surface area contributed by atoms with Crippen LogP contribution in [-0.2, 0) is 14.3 Å². The number of rotatable bonds is 4. The molecule has 1 atom stereocenters. The zero-order chi connectivity index (χ0) is 24.0. The van der Waals surface area contributed by atoms with Gasteiger partial charge in [0.2, 0.25) is 23.4 Å². The maximum atomic E-state index is 12.3. The Morgan fingerprint density at radius 2 is 1.94 bits per heavy atom. The summed E-state index contributed by atoms with van der Waals surface area (Å²) in [5.41, 5.74) is 1.01. The molecule has 0 radical (unpaired) electrons. The zero-order valence-corrected chi connectivity index (χ0v) is 19.4. The number of esters is 1. The first kappa shape index (κ1) is 22.3. The van der Waals surface area contributed by atoms with Crippen molar-refractivity contribution in [2.45, 2.75) is 33.9 Å². The molecular formula is C19H16BrN7O6. The molecule has 1 amide bonds. The highest BCUT2D eigenvalue weighted by Crippen LogP contribution is 2.38. The number of fused-ring (bicyclic) bond motifs is 1. The second-order valence-corrected chi connectivity index (χ2v) is 8.03. The summed E-state index contributed by atoms with van der Waals surface area (Å²) in [4.78, 5) is 43.5. The molecule has 0 fully saturated rings. The van der Waals surface area contributed by atoms with Crippen molar-refractivity contribution in [1.29, 1.82) is 0 Å². The minimum atomic E-state index is -1.16. The van der Waals surface area contributed by atoms with E-state index in [0.29, 0.717) is 10.3 Å². The summed E-state index contributed by atoms with van der Waals surface area (Å²) in [7, 11) is 0. The lowest BCUT2D eigenvalue weighted by Gasteiger charge is -2.15. The van der Waals surface area contributed by atoms with Crippen molar-refractivity contribution in [3.63, 3.8) is 0 Å².